The number of hydrogen-bond acceptors (Lipinski definition) is 4. The van der Waals surface area contributed by atoms with Gasteiger partial charge in [0.05, 0.1) is 0 Å². The van der Waals surface area contributed by atoms with Crippen molar-refractivity contribution in [2.75, 3.05) is 0 Å². The highest BCUT2D eigenvalue weighted by Gasteiger charge is 2.14. The normalized spacial score (nSPS) is 12.3. The number of nitrogens with two attached hydrogens (primary N) is 1. The van der Waals surface area contributed by atoms with Gasteiger partial charge in [-0.25, -0.2) is 18.5 Å². The molecule has 2 N–H and O–H groups in total. The lowest BCUT2D eigenvalue weighted by Crippen LogP contribution is -2.11. The molecule has 0 atom stereocenters. The standard InChI is InChI=1S/C6H10N2O2S2/c1-4(2)5-3-8-6(11-5)12(7,9)10/h3-4H,1-2H3,(H2,7,9,10). The smallest absolute Gasteiger partial charge is 0.232 e. The van der Waals surface area contributed by atoms with E-state index in [1.807, 2.05) is 13.8 Å². The van der Waals surface area contributed by atoms with Crippen LogP contribution in [0.3, 0.4) is 0 Å². The third-order valence-electron chi connectivity index (χ3n) is 1.31. The van der Waals surface area contributed by atoms with Gasteiger partial charge in [0.2, 0.25) is 4.34 Å². The highest BCUT2D eigenvalue weighted by Crippen LogP contribution is 2.23. The Balaban J connectivity index is 3.09. The van der Waals surface area contributed by atoms with E-state index >= 15 is 0 Å². The molecule has 68 valence electrons. The van der Waals surface area contributed by atoms with Crippen LogP contribution in [0, 0.1) is 0 Å². The van der Waals surface area contributed by atoms with E-state index in [1.54, 1.807) is 6.20 Å². The Labute approximate surface area is 75.5 Å². The van der Waals surface area contributed by atoms with E-state index in [1.165, 1.54) is 0 Å². The van der Waals surface area contributed by atoms with Crippen LogP contribution in [0.2, 0.25) is 0 Å². The molecule has 0 aliphatic carbocycles. The third-order valence-corrected chi connectivity index (χ3v) is 3.95. The molecule has 0 spiro atoms. The summed E-state index contributed by atoms with van der Waals surface area (Å²) >= 11 is 1.12. The van der Waals surface area contributed by atoms with Crippen LogP contribution in [0.4, 0.5) is 0 Å². The molecule has 0 bridgehead atoms. The second-order valence-corrected chi connectivity index (χ2v) is 5.53. The van der Waals surface area contributed by atoms with Gasteiger partial charge in [-0.1, -0.05) is 13.8 Å². The van der Waals surface area contributed by atoms with Crippen LogP contribution >= 0.6 is 11.3 Å². The average Bonchev–Trinajstić information content (AvgIpc) is 2.30. The Morgan fingerprint density at radius 3 is 2.42 bits per heavy atom. The average molecular weight is 206 g/mol. The van der Waals surface area contributed by atoms with Crippen LogP contribution in [-0.2, 0) is 10.0 Å². The summed E-state index contributed by atoms with van der Waals surface area (Å²) < 4.78 is 21.6. The maximum Gasteiger partial charge on any atom is 0.265 e. The zero-order valence-electron chi connectivity index (χ0n) is 6.81. The summed E-state index contributed by atoms with van der Waals surface area (Å²) in [5, 5.41) is 4.89. The maximum atomic E-state index is 10.8. The molecule has 1 rings (SSSR count). The van der Waals surface area contributed by atoms with Gasteiger partial charge in [0.15, 0.2) is 0 Å². The Morgan fingerprint density at radius 2 is 2.17 bits per heavy atom. The van der Waals surface area contributed by atoms with E-state index in [-0.39, 0.29) is 10.3 Å². The van der Waals surface area contributed by atoms with Crippen LogP contribution in [0.15, 0.2) is 10.5 Å². The first-order valence-electron chi connectivity index (χ1n) is 3.40. The Bertz CT molecular complexity index is 367. The van der Waals surface area contributed by atoms with Gasteiger partial charge in [0.25, 0.3) is 10.0 Å². The summed E-state index contributed by atoms with van der Waals surface area (Å²) in [6.45, 7) is 3.95. The van der Waals surface area contributed by atoms with Crippen molar-refractivity contribution >= 4 is 21.4 Å². The van der Waals surface area contributed by atoms with Gasteiger partial charge in [0.1, 0.15) is 0 Å². The lowest BCUT2D eigenvalue weighted by Gasteiger charge is -1.95. The van der Waals surface area contributed by atoms with Gasteiger partial charge in [-0.05, 0) is 5.92 Å². The molecule has 12 heavy (non-hydrogen) atoms. The molecule has 1 aromatic rings. The molecule has 0 aliphatic heterocycles. The first-order chi connectivity index (χ1) is 5.41. The Kier molecular flexibility index (Phi) is 2.50. The van der Waals surface area contributed by atoms with Crippen LogP contribution in [0.1, 0.15) is 24.6 Å². The summed E-state index contributed by atoms with van der Waals surface area (Å²) in [7, 11) is -3.61. The number of thiazole rings is 1. The lowest BCUT2D eigenvalue weighted by atomic mass is 10.2. The number of hydrogen-bond donors (Lipinski definition) is 1. The molecule has 0 amide bonds. The van der Waals surface area contributed by atoms with Gasteiger partial charge < -0.3 is 0 Å². The Hall–Kier alpha value is -0.460. The van der Waals surface area contributed by atoms with Crippen molar-refractivity contribution in [1.29, 1.82) is 0 Å². The van der Waals surface area contributed by atoms with E-state index in [0.717, 1.165) is 16.2 Å². The lowest BCUT2D eigenvalue weighted by molar-refractivity contribution is 0.597. The number of nitrogens with zero attached hydrogens (tertiary/aromatic N) is 1. The second kappa shape index (κ2) is 3.12. The number of aromatic nitrogens is 1. The molecule has 0 fully saturated rings. The van der Waals surface area contributed by atoms with Crippen molar-refractivity contribution in [1.82, 2.24) is 4.98 Å². The zero-order valence-corrected chi connectivity index (χ0v) is 8.45. The second-order valence-electron chi connectivity index (χ2n) is 2.73. The minimum atomic E-state index is -3.61. The molecule has 0 aromatic carbocycles. The molecule has 0 radical (unpaired) electrons. The van der Waals surface area contributed by atoms with E-state index in [9.17, 15) is 8.42 Å². The highest BCUT2D eigenvalue weighted by atomic mass is 32.2. The van der Waals surface area contributed by atoms with Crippen molar-refractivity contribution in [3.8, 4) is 0 Å². The molecule has 0 unspecified atom stereocenters. The van der Waals surface area contributed by atoms with Crippen LogP contribution < -0.4 is 5.14 Å². The molecule has 0 saturated carbocycles. The quantitative estimate of drug-likeness (QED) is 0.781. The van der Waals surface area contributed by atoms with E-state index < -0.39 is 10.0 Å². The molecular formula is C6H10N2O2S2. The summed E-state index contributed by atoms with van der Waals surface area (Å²) in [5.74, 6) is 0.290. The molecule has 1 heterocycles. The van der Waals surface area contributed by atoms with Gasteiger partial charge in [0, 0.05) is 11.1 Å². The van der Waals surface area contributed by atoms with Gasteiger partial charge in [-0.3, -0.25) is 0 Å². The van der Waals surface area contributed by atoms with Crippen molar-refractivity contribution in [3.05, 3.63) is 11.1 Å². The van der Waals surface area contributed by atoms with Crippen LogP contribution in [-0.4, -0.2) is 13.4 Å². The summed E-state index contributed by atoms with van der Waals surface area (Å²) in [5.41, 5.74) is 0. The Morgan fingerprint density at radius 1 is 1.58 bits per heavy atom. The first-order valence-corrected chi connectivity index (χ1v) is 5.76. The van der Waals surface area contributed by atoms with Crippen molar-refractivity contribution < 1.29 is 8.42 Å². The van der Waals surface area contributed by atoms with Crippen LogP contribution in [0.5, 0.6) is 0 Å². The predicted octanol–water partition coefficient (Wildman–Crippen LogP) is 0.914. The van der Waals surface area contributed by atoms with Gasteiger partial charge >= 0.3 is 0 Å². The highest BCUT2D eigenvalue weighted by molar-refractivity contribution is 7.91. The topological polar surface area (TPSA) is 73.0 Å². The molecule has 0 saturated heterocycles. The fourth-order valence-corrected chi connectivity index (χ4v) is 2.27. The van der Waals surface area contributed by atoms with Crippen LogP contribution in [0.25, 0.3) is 0 Å². The van der Waals surface area contributed by atoms with Crippen molar-refractivity contribution in [2.24, 2.45) is 5.14 Å². The van der Waals surface area contributed by atoms with E-state index in [4.69, 9.17) is 5.14 Å². The van der Waals surface area contributed by atoms with E-state index in [0.29, 0.717) is 0 Å². The third kappa shape index (κ3) is 2.02. The molecular weight excluding hydrogens is 196 g/mol. The molecule has 0 aliphatic rings. The number of primary sulfonamides is 1. The van der Waals surface area contributed by atoms with Crippen molar-refractivity contribution in [3.63, 3.8) is 0 Å². The molecule has 1 aromatic heterocycles. The largest absolute Gasteiger partial charge is 0.265 e. The van der Waals surface area contributed by atoms with Crippen molar-refractivity contribution in [2.45, 2.75) is 24.1 Å². The van der Waals surface area contributed by atoms with Gasteiger partial charge in [-0.15, -0.1) is 11.3 Å². The minimum Gasteiger partial charge on any atom is -0.232 e. The van der Waals surface area contributed by atoms with E-state index in [2.05, 4.69) is 4.98 Å². The molecule has 4 nitrogen and oxygen atoms in total. The first kappa shape index (κ1) is 9.63. The number of sulfonamides is 1. The number of rotatable bonds is 2. The zero-order chi connectivity index (χ0) is 9.35. The SMILES string of the molecule is CC(C)c1cnc(S(N)(=O)=O)s1. The minimum absolute atomic E-state index is 0.00815. The monoisotopic (exact) mass is 206 g/mol. The fraction of sp³-hybridized carbons (Fsp3) is 0.500. The summed E-state index contributed by atoms with van der Waals surface area (Å²) in [6.07, 6.45) is 1.55. The maximum absolute atomic E-state index is 10.8. The summed E-state index contributed by atoms with van der Waals surface area (Å²) in [4.78, 5) is 4.64. The fourth-order valence-electron chi connectivity index (χ4n) is 0.668. The van der Waals surface area contributed by atoms with Gasteiger partial charge in [-0.2, -0.15) is 0 Å². The molecule has 6 heteroatoms. The predicted molar refractivity (Wildman–Crippen MR) is 47.6 cm³/mol. The summed E-state index contributed by atoms with van der Waals surface area (Å²) in [6, 6.07) is 0.